The fraction of sp³-hybridized carbons (Fsp3) is 0.471. The Morgan fingerprint density at radius 1 is 1.35 bits per heavy atom. The number of rotatable bonds is 5. The average Bonchev–Trinajstić information content (AvgIpc) is 3.04. The maximum atomic E-state index is 12.8. The highest BCUT2D eigenvalue weighted by atomic mass is 79.9. The van der Waals surface area contributed by atoms with Crippen molar-refractivity contribution in [3.8, 4) is 0 Å². The van der Waals surface area contributed by atoms with Gasteiger partial charge in [0.25, 0.3) is 0 Å². The molecule has 9 heteroatoms. The molecule has 26 heavy (non-hydrogen) atoms. The summed E-state index contributed by atoms with van der Waals surface area (Å²) in [5.74, 6) is -0.948. The molecule has 0 aromatic heterocycles. The highest BCUT2D eigenvalue weighted by molar-refractivity contribution is 9.10. The van der Waals surface area contributed by atoms with Crippen LogP contribution in [0.4, 0.5) is 16.2 Å². The molecule has 1 aromatic rings. The van der Waals surface area contributed by atoms with Crippen molar-refractivity contribution in [1.29, 1.82) is 0 Å². The molecule has 3 amide bonds. The second-order valence-electron chi connectivity index (χ2n) is 6.58. The highest BCUT2D eigenvalue weighted by Crippen LogP contribution is 2.26. The van der Waals surface area contributed by atoms with Gasteiger partial charge in [0.15, 0.2) is 0 Å². The predicted molar refractivity (Wildman–Crippen MR) is 102 cm³/mol. The van der Waals surface area contributed by atoms with Gasteiger partial charge in [0.1, 0.15) is 12.1 Å². The SMILES string of the molecule is CC(C)[C@@H](NC(=O)O)C(=O)N1CCC[C@H]1C(=O)Nc1ccc(Br)cc1N. The number of amides is 3. The molecule has 0 radical (unpaired) electrons. The zero-order valence-electron chi connectivity index (χ0n) is 14.7. The first-order chi connectivity index (χ1) is 12.2. The molecule has 1 aliphatic heterocycles. The van der Waals surface area contributed by atoms with Crippen molar-refractivity contribution in [2.24, 2.45) is 5.92 Å². The van der Waals surface area contributed by atoms with E-state index in [0.29, 0.717) is 30.8 Å². The Balaban J connectivity index is 2.14. The van der Waals surface area contributed by atoms with Crippen molar-refractivity contribution in [3.63, 3.8) is 0 Å². The third kappa shape index (κ3) is 4.66. The number of halogens is 1. The molecule has 1 aromatic carbocycles. The van der Waals surface area contributed by atoms with Crippen LogP contribution in [0, 0.1) is 5.92 Å². The van der Waals surface area contributed by atoms with Gasteiger partial charge in [0, 0.05) is 11.0 Å². The van der Waals surface area contributed by atoms with Crippen LogP contribution >= 0.6 is 15.9 Å². The van der Waals surface area contributed by atoms with E-state index >= 15 is 0 Å². The second kappa shape index (κ2) is 8.39. The molecule has 0 aliphatic carbocycles. The number of benzene rings is 1. The molecule has 142 valence electrons. The number of nitrogen functional groups attached to an aromatic ring is 1. The minimum atomic E-state index is -1.26. The maximum absolute atomic E-state index is 12.8. The topological polar surface area (TPSA) is 125 Å². The molecule has 1 aliphatic rings. The zero-order valence-corrected chi connectivity index (χ0v) is 16.2. The van der Waals surface area contributed by atoms with Crippen LogP contribution in [0.2, 0.25) is 0 Å². The molecular weight excluding hydrogens is 404 g/mol. The van der Waals surface area contributed by atoms with Gasteiger partial charge in [-0.1, -0.05) is 29.8 Å². The Bertz CT molecular complexity index is 710. The molecule has 0 spiro atoms. The number of anilines is 2. The molecule has 1 saturated heterocycles. The van der Waals surface area contributed by atoms with Crippen LogP contribution in [-0.2, 0) is 9.59 Å². The van der Waals surface area contributed by atoms with Crippen molar-refractivity contribution < 1.29 is 19.5 Å². The number of nitrogens with zero attached hydrogens (tertiary/aromatic N) is 1. The van der Waals surface area contributed by atoms with E-state index in [4.69, 9.17) is 10.8 Å². The smallest absolute Gasteiger partial charge is 0.405 e. The lowest BCUT2D eigenvalue weighted by Gasteiger charge is -2.30. The first-order valence-corrected chi connectivity index (χ1v) is 9.16. The van der Waals surface area contributed by atoms with Crippen molar-refractivity contribution in [2.75, 3.05) is 17.6 Å². The van der Waals surface area contributed by atoms with Crippen molar-refractivity contribution in [1.82, 2.24) is 10.2 Å². The van der Waals surface area contributed by atoms with Crippen molar-refractivity contribution >= 4 is 45.2 Å². The van der Waals surface area contributed by atoms with E-state index in [9.17, 15) is 14.4 Å². The van der Waals surface area contributed by atoms with Gasteiger partial charge in [0.2, 0.25) is 11.8 Å². The Labute approximate surface area is 160 Å². The van der Waals surface area contributed by atoms with E-state index < -0.39 is 18.2 Å². The van der Waals surface area contributed by atoms with E-state index in [2.05, 4.69) is 26.6 Å². The monoisotopic (exact) mass is 426 g/mol. The Morgan fingerprint density at radius 2 is 2.04 bits per heavy atom. The Morgan fingerprint density at radius 3 is 2.62 bits per heavy atom. The van der Waals surface area contributed by atoms with Crippen LogP contribution in [0.25, 0.3) is 0 Å². The highest BCUT2D eigenvalue weighted by Gasteiger charge is 2.38. The summed E-state index contributed by atoms with van der Waals surface area (Å²) < 4.78 is 0.796. The largest absolute Gasteiger partial charge is 0.465 e. The van der Waals surface area contributed by atoms with Crippen LogP contribution in [0.5, 0.6) is 0 Å². The molecular formula is C17H23BrN4O4. The van der Waals surface area contributed by atoms with Crippen LogP contribution < -0.4 is 16.4 Å². The minimum Gasteiger partial charge on any atom is -0.465 e. The number of carboxylic acid groups (broad SMARTS) is 1. The van der Waals surface area contributed by atoms with Crippen molar-refractivity contribution in [3.05, 3.63) is 22.7 Å². The van der Waals surface area contributed by atoms with Gasteiger partial charge in [-0.05, 0) is 37.0 Å². The molecule has 8 nitrogen and oxygen atoms in total. The molecule has 0 unspecified atom stereocenters. The number of carbonyl (C=O) groups is 3. The quantitative estimate of drug-likeness (QED) is 0.537. The van der Waals surface area contributed by atoms with E-state index in [-0.39, 0.29) is 17.7 Å². The fourth-order valence-electron chi connectivity index (χ4n) is 2.99. The van der Waals surface area contributed by atoms with Gasteiger partial charge < -0.3 is 26.4 Å². The summed E-state index contributed by atoms with van der Waals surface area (Å²) >= 11 is 3.31. The van der Waals surface area contributed by atoms with Crippen LogP contribution in [0.15, 0.2) is 22.7 Å². The summed E-state index contributed by atoms with van der Waals surface area (Å²) in [5, 5.41) is 14.0. The van der Waals surface area contributed by atoms with Crippen LogP contribution in [0.3, 0.4) is 0 Å². The summed E-state index contributed by atoms with van der Waals surface area (Å²) in [6.07, 6.45) is -0.0662. The number of hydrogen-bond donors (Lipinski definition) is 4. The summed E-state index contributed by atoms with van der Waals surface area (Å²) in [5.41, 5.74) is 6.79. The predicted octanol–water partition coefficient (Wildman–Crippen LogP) is 2.25. The summed E-state index contributed by atoms with van der Waals surface area (Å²) in [6.45, 7) is 3.93. The van der Waals surface area contributed by atoms with E-state index in [1.165, 1.54) is 4.90 Å². The number of likely N-dealkylation sites (tertiary alicyclic amines) is 1. The van der Waals surface area contributed by atoms with Gasteiger partial charge in [-0.25, -0.2) is 4.79 Å². The summed E-state index contributed by atoms with van der Waals surface area (Å²) in [7, 11) is 0. The molecule has 0 bridgehead atoms. The van der Waals surface area contributed by atoms with Crippen LogP contribution in [-0.4, -0.2) is 46.5 Å². The summed E-state index contributed by atoms with van der Waals surface area (Å²) in [4.78, 5) is 37.9. The van der Waals surface area contributed by atoms with E-state index in [0.717, 1.165) is 4.47 Å². The maximum Gasteiger partial charge on any atom is 0.405 e. The van der Waals surface area contributed by atoms with Gasteiger partial charge >= 0.3 is 6.09 Å². The third-order valence-electron chi connectivity index (χ3n) is 4.32. The molecule has 5 N–H and O–H groups in total. The number of nitrogens with two attached hydrogens (primary N) is 1. The standard InChI is InChI=1S/C17H23BrN4O4/c1-9(2)14(21-17(25)26)16(24)22-7-3-4-13(22)15(23)20-12-6-5-10(18)8-11(12)19/h5-6,8-9,13-14,21H,3-4,7,19H2,1-2H3,(H,20,23)(H,25,26)/t13-,14+/m0/s1. The Kier molecular flexibility index (Phi) is 6.47. The normalized spacial score (nSPS) is 17.8. The lowest BCUT2D eigenvalue weighted by Crippen LogP contribution is -2.54. The molecule has 2 atom stereocenters. The van der Waals surface area contributed by atoms with Gasteiger partial charge in [-0.15, -0.1) is 0 Å². The first-order valence-electron chi connectivity index (χ1n) is 8.36. The average molecular weight is 427 g/mol. The second-order valence-corrected chi connectivity index (χ2v) is 7.50. The van der Waals surface area contributed by atoms with Crippen LogP contribution in [0.1, 0.15) is 26.7 Å². The van der Waals surface area contributed by atoms with Gasteiger partial charge in [-0.2, -0.15) is 0 Å². The lowest BCUT2D eigenvalue weighted by molar-refractivity contribution is -0.139. The summed E-state index contributed by atoms with van der Waals surface area (Å²) in [6, 6.07) is 3.58. The molecule has 2 rings (SSSR count). The van der Waals surface area contributed by atoms with Crippen molar-refractivity contribution in [2.45, 2.75) is 38.8 Å². The molecule has 0 saturated carbocycles. The van der Waals surface area contributed by atoms with E-state index in [1.807, 2.05) is 0 Å². The fourth-order valence-corrected chi connectivity index (χ4v) is 3.37. The minimum absolute atomic E-state index is 0.231. The van der Waals surface area contributed by atoms with Gasteiger partial charge in [0.05, 0.1) is 11.4 Å². The number of carbonyl (C=O) groups excluding carboxylic acids is 2. The number of hydrogen-bond acceptors (Lipinski definition) is 4. The zero-order chi connectivity index (χ0) is 19.4. The van der Waals surface area contributed by atoms with Gasteiger partial charge in [-0.3, -0.25) is 9.59 Å². The Hall–Kier alpha value is -2.29. The van der Waals surface area contributed by atoms with E-state index in [1.54, 1.807) is 32.0 Å². The molecule has 1 heterocycles. The number of nitrogens with one attached hydrogen (secondary N) is 2. The third-order valence-corrected chi connectivity index (χ3v) is 4.81. The first kappa shape index (κ1) is 20.0. The lowest BCUT2D eigenvalue weighted by atomic mass is 10.0. The molecule has 1 fully saturated rings.